The van der Waals surface area contributed by atoms with Gasteiger partial charge in [0.05, 0.1) is 22.6 Å². The van der Waals surface area contributed by atoms with Gasteiger partial charge in [-0.25, -0.2) is 4.39 Å². The van der Waals surface area contributed by atoms with Crippen LogP contribution in [-0.4, -0.2) is 24.2 Å². The fourth-order valence-corrected chi connectivity index (χ4v) is 4.34. The maximum absolute atomic E-state index is 14.9. The van der Waals surface area contributed by atoms with Crippen molar-refractivity contribution < 1.29 is 53.5 Å². The van der Waals surface area contributed by atoms with Crippen LogP contribution >= 0.6 is 43.5 Å². The molecular weight excluding hydrogens is 709 g/mol. The van der Waals surface area contributed by atoms with Gasteiger partial charge >= 0.3 is 18.5 Å². The fourth-order valence-electron chi connectivity index (χ4n) is 3.01. The van der Waals surface area contributed by atoms with Gasteiger partial charge in [-0.05, 0) is 67.8 Å². The summed E-state index contributed by atoms with van der Waals surface area (Å²) in [6.45, 7) is 0. The van der Waals surface area contributed by atoms with Gasteiger partial charge in [-0.3, -0.25) is 20.4 Å². The van der Waals surface area contributed by atoms with Gasteiger partial charge in [0.2, 0.25) is 5.91 Å². The minimum Gasteiger partial charge on any atom is -0.273 e. The van der Waals surface area contributed by atoms with Crippen molar-refractivity contribution >= 4 is 61.1 Å². The Labute approximate surface area is 235 Å². The lowest BCUT2D eigenvalue weighted by atomic mass is 9.95. The summed E-state index contributed by atoms with van der Waals surface area (Å²) in [5, 5.41) is 0.0179. The lowest BCUT2D eigenvalue weighted by molar-refractivity contribution is -0.144. The van der Waals surface area contributed by atoms with Gasteiger partial charge < -0.3 is 0 Å². The number of amides is 2. The Morgan fingerprint density at radius 2 is 1.49 bits per heavy atom. The maximum Gasteiger partial charge on any atom is 0.417 e. The van der Waals surface area contributed by atoms with Crippen molar-refractivity contribution in [2.75, 3.05) is 0 Å². The number of hydrogen-bond donors (Lipinski definition) is 2. The van der Waals surface area contributed by atoms with E-state index in [4.69, 9.17) is 11.6 Å². The van der Waals surface area contributed by atoms with Crippen LogP contribution in [0.25, 0.3) is 5.83 Å². The van der Waals surface area contributed by atoms with E-state index in [1.54, 1.807) is 0 Å². The van der Waals surface area contributed by atoms with E-state index in [9.17, 15) is 53.5 Å². The third kappa shape index (κ3) is 9.38. The third-order valence-corrected chi connectivity index (χ3v) is 6.94. The predicted octanol–water partition coefficient (Wildman–Crippen LogP) is 8.64. The van der Waals surface area contributed by atoms with Gasteiger partial charge in [0.25, 0.3) is 5.91 Å². The van der Waals surface area contributed by atoms with Crippen molar-refractivity contribution in [1.82, 2.24) is 10.9 Å². The number of halogens is 13. The Hall–Kier alpha value is -2.33. The molecule has 0 aliphatic carbocycles. The second-order valence-corrected chi connectivity index (χ2v) is 9.79. The van der Waals surface area contributed by atoms with E-state index in [1.807, 2.05) is 0 Å². The summed E-state index contributed by atoms with van der Waals surface area (Å²) in [7, 11) is 0. The van der Waals surface area contributed by atoms with Crippen LogP contribution in [-0.2, 0) is 11.0 Å². The van der Waals surface area contributed by atoms with Gasteiger partial charge in [0.15, 0.2) is 0 Å². The first-order chi connectivity index (χ1) is 17.7. The highest BCUT2D eigenvalue weighted by Crippen LogP contribution is 2.43. The van der Waals surface area contributed by atoms with E-state index in [-0.39, 0.29) is 26.1 Å². The number of alkyl halides is 9. The summed E-state index contributed by atoms with van der Waals surface area (Å²) >= 11 is 11.8. The van der Waals surface area contributed by atoms with Crippen LogP contribution in [0.15, 0.2) is 45.4 Å². The monoisotopic (exact) mass is 720 g/mol. The minimum absolute atomic E-state index is 0.0179. The van der Waals surface area contributed by atoms with E-state index < -0.39 is 77.2 Å². The van der Waals surface area contributed by atoms with E-state index in [2.05, 4.69) is 31.9 Å². The quantitative estimate of drug-likeness (QED) is 0.178. The topological polar surface area (TPSA) is 58.2 Å². The molecule has 0 aliphatic heterocycles. The summed E-state index contributed by atoms with van der Waals surface area (Å²) in [6.07, 6.45) is -17.8. The van der Waals surface area contributed by atoms with Crippen molar-refractivity contribution in [3.05, 3.63) is 72.6 Å². The number of rotatable bonds is 6. The first-order valence-electron chi connectivity index (χ1n) is 10.2. The van der Waals surface area contributed by atoms with E-state index >= 15 is 0 Å². The van der Waals surface area contributed by atoms with Crippen molar-refractivity contribution in [3.8, 4) is 0 Å². The molecule has 0 fully saturated rings. The molecule has 0 saturated carbocycles. The first kappa shape index (κ1) is 32.9. The Bertz CT molecular complexity index is 1250. The second-order valence-electron chi connectivity index (χ2n) is 7.71. The van der Waals surface area contributed by atoms with Crippen molar-refractivity contribution in [1.29, 1.82) is 0 Å². The van der Waals surface area contributed by atoms with Gasteiger partial charge in [0.1, 0.15) is 11.7 Å². The van der Waals surface area contributed by atoms with Crippen molar-refractivity contribution in [3.63, 3.8) is 0 Å². The molecule has 17 heteroatoms. The Balaban J connectivity index is 2.41. The zero-order chi connectivity index (χ0) is 29.9. The Morgan fingerprint density at radius 1 is 0.923 bits per heavy atom. The Kier molecular flexibility index (Phi) is 10.5. The lowest BCUT2D eigenvalue weighted by Crippen LogP contribution is -2.42. The van der Waals surface area contributed by atoms with E-state index in [0.717, 1.165) is 12.1 Å². The predicted molar refractivity (Wildman–Crippen MR) is 127 cm³/mol. The van der Waals surface area contributed by atoms with Crippen LogP contribution in [0.2, 0.25) is 5.02 Å². The SMILES string of the molecule is O=C(CCC(F)(F)F)NNC(=O)c1ccc(C(F)=CC(c2cc(Br)c(Cl)c(Br)c2)C(F)(F)F)cc1C(F)(F)F. The molecule has 2 aromatic carbocycles. The number of allylic oxidation sites excluding steroid dienone is 1. The lowest BCUT2D eigenvalue weighted by Gasteiger charge is -2.19. The normalized spacial score (nSPS) is 13.7. The fraction of sp³-hybridized carbons (Fsp3) is 0.273. The Morgan fingerprint density at radius 3 is 1.97 bits per heavy atom. The van der Waals surface area contributed by atoms with Crippen LogP contribution in [0.1, 0.15) is 45.8 Å². The van der Waals surface area contributed by atoms with Crippen molar-refractivity contribution in [2.24, 2.45) is 0 Å². The van der Waals surface area contributed by atoms with Gasteiger partial charge in [-0.15, -0.1) is 0 Å². The molecule has 0 aliphatic rings. The van der Waals surface area contributed by atoms with Crippen LogP contribution in [0, 0.1) is 0 Å². The number of nitrogens with one attached hydrogen (secondary N) is 2. The number of carbonyl (C=O) groups is 2. The molecule has 2 aromatic rings. The van der Waals surface area contributed by atoms with E-state index in [0.29, 0.717) is 12.1 Å². The largest absolute Gasteiger partial charge is 0.417 e. The van der Waals surface area contributed by atoms with Crippen LogP contribution < -0.4 is 10.9 Å². The highest BCUT2D eigenvalue weighted by molar-refractivity contribution is 9.11. The van der Waals surface area contributed by atoms with Crippen LogP contribution in [0.3, 0.4) is 0 Å². The molecule has 0 aromatic heterocycles. The maximum atomic E-state index is 14.9. The highest BCUT2D eigenvalue weighted by atomic mass is 79.9. The summed E-state index contributed by atoms with van der Waals surface area (Å²) in [5.41, 5.74) is -1.43. The average Bonchev–Trinajstić information content (AvgIpc) is 2.80. The molecule has 2 rings (SSSR count). The molecule has 0 saturated heterocycles. The smallest absolute Gasteiger partial charge is 0.273 e. The molecule has 0 radical (unpaired) electrons. The summed E-state index contributed by atoms with van der Waals surface area (Å²) in [6, 6.07) is 3.00. The molecular formula is C22H13Br2ClF10N2O2. The summed E-state index contributed by atoms with van der Waals surface area (Å²) in [5.74, 6) is -7.31. The number of benzene rings is 2. The second kappa shape index (κ2) is 12.5. The molecule has 0 spiro atoms. The molecule has 2 N–H and O–H groups in total. The molecule has 39 heavy (non-hydrogen) atoms. The van der Waals surface area contributed by atoms with Gasteiger partial charge in [0, 0.05) is 20.9 Å². The molecule has 2 amide bonds. The summed E-state index contributed by atoms with van der Waals surface area (Å²) < 4.78 is 134. The van der Waals surface area contributed by atoms with Gasteiger partial charge in [-0.1, -0.05) is 17.7 Å². The highest BCUT2D eigenvalue weighted by Gasteiger charge is 2.41. The van der Waals surface area contributed by atoms with E-state index in [1.165, 1.54) is 10.9 Å². The molecule has 1 unspecified atom stereocenters. The van der Waals surface area contributed by atoms with Gasteiger partial charge in [-0.2, -0.15) is 39.5 Å². The average molecular weight is 723 g/mol. The molecule has 1 atom stereocenters. The third-order valence-electron chi connectivity index (χ3n) is 4.83. The number of hydrogen-bond acceptors (Lipinski definition) is 2. The minimum atomic E-state index is -5.32. The standard InChI is InChI=1S/C22H13Br2ClF10N2O2/c23-14-6-10(7-15(24)18(14)25)12(21(30,31)32)8-16(26)9-1-2-11(13(5-9)22(33,34)35)19(39)37-36-17(38)3-4-20(27,28)29/h1-2,5-8,12H,3-4H2,(H,36,38)(H,37,39). The molecule has 4 nitrogen and oxygen atoms in total. The molecule has 0 heterocycles. The van der Waals surface area contributed by atoms with Crippen LogP contribution in [0.5, 0.6) is 0 Å². The zero-order valence-electron chi connectivity index (χ0n) is 18.7. The number of hydrazine groups is 1. The van der Waals surface area contributed by atoms with Crippen molar-refractivity contribution in [2.45, 2.75) is 37.3 Å². The molecule has 214 valence electrons. The summed E-state index contributed by atoms with van der Waals surface area (Å²) in [4.78, 5) is 23.6. The zero-order valence-corrected chi connectivity index (χ0v) is 22.6. The molecule has 0 bridgehead atoms. The van der Waals surface area contributed by atoms with Crippen LogP contribution in [0.4, 0.5) is 43.9 Å². The number of carbonyl (C=O) groups excluding carboxylic acids is 2. The first-order valence-corrected chi connectivity index (χ1v) is 12.1.